The molecule has 1 heterocycles. The Morgan fingerprint density at radius 1 is 1.50 bits per heavy atom. The van der Waals surface area contributed by atoms with Crippen LogP contribution >= 0.6 is 11.6 Å². The molecule has 1 N–H and O–H groups in total. The van der Waals surface area contributed by atoms with Gasteiger partial charge in [0.05, 0.1) is 12.3 Å². The second-order valence-corrected chi connectivity index (χ2v) is 5.54. The quantitative estimate of drug-likeness (QED) is 0.852. The topological polar surface area (TPSA) is 56.1 Å². The lowest BCUT2D eigenvalue weighted by molar-refractivity contribution is -0.121. The van der Waals surface area contributed by atoms with Gasteiger partial charge < -0.3 is 10.1 Å². The number of ether oxygens (including phenoxy) is 1. The van der Waals surface area contributed by atoms with Crippen molar-refractivity contribution < 1.29 is 9.53 Å². The smallest absolute Gasteiger partial charge is 0.220 e. The zero-order chi connectivity index (χ0) is 15.9. The second-order valence-electron chi connectivity index (χ2n) is 5.11. The van der Waals surface area contributed by atoms with E-state index in [2.05, 4.69) is 10.4 Å². The van der Waals surface area contributed by atoms with E-state index in [0.717, 1.165) is 11.1 Å². The fourth-order valence-corrected chi connectivity index (χ4v) is 2.40. The molecular weight excluding hydrogens is 302 g/mol. The van der Waals surface area contributed by atoms with Crippen LogP contribution in [0.25, 0.3) is 0 Å². The number of halogens is 1. The van der Waals surface area contributed by atoms with Gasteiger partial charge in [0.25, 0.3) is 0 Å². The second kappa shape index (κ2) is 7.96. The monoisotopic (exact) mass is 321 g/mol. The molecule has 6 heteroatoms. The molecular formula is C16H20ClN3O2. The fraction of sp³-hybridized carbons (Fsp3) is 0.375. The number of carbonyl (C=O) groups is 1. The Bertz CT molecular complexity index is 627. The van der Waals surface area contributed by atoms with Gasteiger partial charge in [0.2, 0.25) is 5.91 Å². The Balaban J connectivity index is 1.81. The standard InChI is InChI=1S/C16H20ClN3O2/c1-20-11-12(9-19-20)6-7-16(21)18-10-15(22-2)13-4-3-5-14(17)8-13/h3-5,8-9,11,15H,6-7,10H2,1-2H3,(H,18,21)/t15-/m1/s1. The predicted octanol–water partition coefficient (Wildman–Crippen LogP) is 2.51. The molecule has 5 nitrogen and oxygen atoms in total. The number of hydrogen-bond donors (Lipinski definition) is 1. The van der Waals surface area contributed by atoms with Crippen LogP contribution in [0.15, 0.2) is 36.7 Å². The van der Waals surface area contributed by atoms with E-state index in [1.165, 1.54) is 0 Å². The number of methoxy groups -OCH3 is 1. The number of carbonyl (C=O) groups excluding carboxylic acids is 1. The van der Waals surface area contributed by atoms with Gasteiger partial charge in [0.1, 0.15) is 0 Å². The Labute approximate surface area is 135 Å². The third-order valence-corrected chi connectivity index (χ3v) is 3.62. The molecule has 0 spiro atoms. The largest absolute Gasteiger partial charge is 0.375 e. The minimum Gasteiger partial charge on any atom is -0.375 e. The molecule has 1 atom stereocenters. The SMILES string of the molecule is CO[C@H](CNC(=O)CCc1cnn(C)c1)c1cccc(Cl)c1. The van der Waals surface area contributed by atoms with E-state index in [0.29, 0.717) is 24.4 Å². The van der Waals surface area contributed by atoms with E-state index in [1.54, 1.807) is 18.0 Å². The van der Waals surface area contributed by atoms with Gasteiger partial charge in [-0.1, -0.05) is 23.7 Å². The minimum atomic E-state index is -0.207. The number of benzene rings is 1. The Hall–Kier alpha value is -1.85. The van der Waals surface area contributed by atoms with E-state index < -0.39 is 0 Å². The maximum Gasteiger partial charge on any atom is 0.220 e. The molecule has 0 aliphatic carbocycles. The Morgan fingerprint density at radius 2 is 2.32 bits per heavy atom. The lowest BCUT2D eigenvalue weighted by atomic mass is 10.1. The van der Waals surface area contributed by atoms with Gasteiger partial charge in [-0.3, -0.25) is 9.48 Å². The lowest BCUT2D eigenvalue weighted by Gasteiger charge is -2.16. The first-order valence-corrected chi connectivity index (χ1v) is 7.48. The minimum absolute atomic E-state index is 0.00655. The zero-order valence-electron chi connectivity index (χ0n) is 12.8. The van der Waals surface area contributed by atoms with Crippen molar-refractivity contribution in [2.75, 3.05) is 13.7 Å². The van der Waals surface area contributed by atoms with Gasteiger partial charge in [0.15, 0.2) is 0 Å². The highest BCUT2D eigenvalue weighted by molar-refractivity contribution is 6.30. The summed E-state index contributed by atoms with van der Waals surface area (Å²) in [5.74, 6) is -0.00655. The van der Waals surface area contributed by atoms with Crippen molar-refractivity contribution in [3.63, 3.8) is 0 Å². The fourth-order valence-electron chi connectivity index (χ4n) is 2.20. The van der Waals surface area contributed by atoms with Gasteiger partial charge in [-0.2, -0.15) is 5.10 Å². The summed E-state index contributed by atoms with van der Waals surface area (Å²) in [6, 6.07) is 7.46. The van der Waals surface area contributed by atoms with Gasteiger partial charge in [-0.15, -0.1) is 0 Å². The summed E-state index contributed by atoms with van der Waals surface area (Å²) in [5, 5.41) is 7.63. The Kier molecular flexibility index (Phi) is 5.98. The summed E-state index contributed by atoms with van der Waals surface area (Å²) < 4.78 is 7.15. The van der Waals surface area contributed by atoms with Crippen molar-refractivity contribution in [1.82, 2.24) is 15.1 Å². The van der Waals surface area contributed by atoms with Crippen molar-refractivity contribution in [2.24, 2.45) is 7.05 Å². The van der Waals surface area contributed by atoms with Crippen LogP contribution in [-0.2, 0) is 23.0 Å². The van der Waals surface area contributed by atoms with Crippen LogP contribution in [0.1, 0.15) is 23.7 Å². The van der Waals surface area contributed by atoms with Crippen molar-refractivity contribution in [1.29, 1.82) is 0 Å². The maximum atomic E-state index is 11.9. The number of aromatic nitrogens is 2. The maximum absolute atomic E-state index is 11.9. The molecule has 118 valence electrons. The molecule has 0 aliphatic rings. The van der Waals surface area contributed by atoms with E-state index in [-0.39, 0.29) is 12.0 Å². The molecule has 0 radical (unpaired) electrons. The van der Waals surface area contributed by atoms with Crippen molar-refractivity contribution in [3.8, 4) is 0 Å². The average molecular weight is 322 g/mol. The van der Waals surface area contributed by atoms with E-state index in [4.69, 9.17) is 16.3 Å². The van der Waals surface area contributed by atoms with Crippen LogP contribution in [0, 0.1) is 0 Å². The number of aryl methyl sites for hydroxylation is 2. The van der Waals surface area contributed by atoms with E-state index in [1.807, 2.05) is 37.5 Å². The van der Waals surface area contributed by atoms with Crippen LogP contribution in [0.4, 0.5) is 0 Å². The molecule has 1 aromatic heterocycles. The number of nitrogens with one attached hydrogen (secondary N) is 1. The van der Waals surface area contributed by atoms with Crippen molar-refractivity contribution in [2.45, 2.75) is 18.9 Å². The predicted molar refractivity (Wildman–Crippen MR) is 85.7 cm³/mol. The first-order valence-electron chi connectivity index (χ1n) is 7.11. The molecule has 0 saturated carbocycles. The summed E-state index contributed by atoms with van der Waals surface area (Å²) in [6.45, 7) is 0.419. The molecule has 0 fully saturated rings. The number of amides is 1. The molecule has 0 unspecified atom stereocenters. The molecule has 22 heavy (non-hydrogen) atoms. The highest BCUT2D eigenvalue weighted by atomic mass is 35.5. The third-order valence-electron chi connectivity index (χ3n) is 3.39. The van der Waals surface area contributed by atoms with Crippen molar-refractivity contribution in [3.05, 3.63) is 52.8 Å². The van der Waals surface area contributed by atoms with Gasteiger partial charge in [-0.05, 0) is 29.7 Å². The summed E-state index contributed by atoms with van der Waals surface area (Å²) in [5.41, 5.74) is 2.00. The van der Waals surface area contributed by atoms with Crippen LogP contribution in [0.2, 0.25) is 5.02 Å². The summed E-state index contributed by atoms with van der Waals surface area (Å²) in [7, 11) is 3.48. The van der Waals surface area contributed by atoms with E-state index >= 15 is 0 Å². The van der Waals surface area contributed by atoms with Gasteiger partial charge >= 0.3 is 0 Å². The third kappa shape index (κ3) is 4.86. The lowest BCUT2D eigenvalue weighted by Crippen LogP contribution is -2.29. The van der Waals surface area contributed by atoms with Crippen LogP contribution < -0.4 is 5.32 Å². The van der Waals surface area contributed by atoms with Gasteiger partial charge in [0, 0.05) is 38.3 Å². The molecule has 1 amide bonds. The van der Waals surface area contributed by atoms with Crippen molar-refractivity contribution >= 4 is 17.5 Å². The molecule has 2 rings (SSSR count). The summed E-state index contributed by atoms with van der Waals surface area (Å²) in [6.07, 6.45) is 4.58. The first-order chi connectivity index (χ1) is 10.6. The molecule has 0 bridgehead atoms. The molecule has 1 aromatic carbocycles. The van der Waals surface area contributed by atoms with Gasteiger partial charge in [-0.25, -0.2) is 0 Å². The van der Waals surface area contributed by atoms with E-state index in [9.17, 15) is 4.79 Å². The number of rotatable bonds is 7. The highest BCUT2D eigenvalue weighted by Crippen LogP contribution is 2.19. The highest BCUT2D eigenvalue weighted by Gasteiger charge is 2.12. The molecule has 0 aliphatic heterocycles. The summed E-state index contributed by atoms with van der Waals surface area (Å²) in [4.78, 5) is 11.9. The molecule has 0 saturated heterocycles. The normalized spacial score (nSPS) is 12.1. The zero-order valence-corrected chi connectivity index (χ0v) is 13.5. The summed E-state index contributed by atoms with van der Waals surface area (Å²) >= 11 is 5.98. The number of nitrogens with zero attached hydrogens (tertiary/aromatic N) is 2. The van der Waals surface area contributed by atoms with Crippen LogP contribution in [0.3, 0.4) is 0 Å². The number of hydrogen-bond acceptors (Lipinski definition) is 3. The average Bonchev–Trinajstić information content (AvgIpc) is 2.91. The molecule has 2 aromatic rings. The Morgan fingerprint density at radius 3 is 2.95 bits per heavy atom. The van der Waals surface area contributed by atoms with Crippen LogP contribution in [-0.4, -0.2) is 29.3 Å². The first kappa shape index (κ1) is 16.5. The van der Waals surface area contributed by atoms with Crippen LogP contribution in [0.5, 0.6) is 0 Å².